The van der Waals surface area contributed by atoms with E-state index >= 15 is 0 Å². The largest absolute Gasteiger partial charge is 0.497 e. The van der Waals surface area contributed by atoms with E-state index in [2.05, 4.69) is 0 Å². The summed E-state index contributed by atoms with van der Waals surface area (Å²) in [5.74, 6) is 2.08. The lowest BCUT2D eigenvalue weighted by molar-refractivity contribution is 0.132. The lowest BCUT2D eigenvalue weighted by Crippen LogP contribution is -2.15. The van der Waals surface area contributed by atoms with Crippen LogP contribution in [-0.4, -0.2) is 25.4 Å². The van der Waals surface area contributed by atoms with E-state index in [9.17, 15) is 5.11 Å². The fourth-order valence-corrected chi connectivity index (χ4v) is 2.58. The summed E-state index contributed by atoms with van der Waals surface area (Å²) in [5.41, 5.74) is 1.12. The van der Waals surface area contributed by atoms with Crippen LogP contribution in [0.2, 0.25) is 0 Å². The van der Waals surface area contributed by atoms with Gasteiger partial charge in [0.15, 0.2) is 0 Å². The maximum Gasteiger partial charge on any atom is 0.122 e. The zero-order chi connectivity index (χ0) is 12.3. The predicted molar refractivity (Wildman–Crippen MR) is 66.6 cm³/mol. The van der Waals surface area contributed by atoms with Gasteiger partial charge in [0.1, 0.15) is 11.5 Å². The van der Waals surface area contributed by atoms with E-state index in [0.717, 1.165) is 42.7 Å². The SMILES string of the molecule is COc1ccc(OC)c(CC2CCCC2O)c1. The second-order valence-corrected chi connectivity index (χ2v) is 4.64. The number of rotatable bonds is 4. The van der Waals surface area contributed by atoms with E-state index in [1.807, 2.05) is 18.2 Å². The van der Waals surface area contributed by atoms with Crippen LogP contribution >= 0.6 is 0 Å². The molecule has 1 saturated carbocycles. The molecule has 0 aliphatic heterocycles. The quantitative estimate of drug-likeness (QED) is 0.872. The second-order valence-electron chi connectivity index (χ2n) is 4.64. The molecule has 1 aliphatic carbocycles. The molecular weight excluding hydrogens is 216 g/mol. The molecule has 1 fully saturated rings. The molecule has 0 spiro atoms. The van der Waals surface area contributed by atoms with Crippen molar-refractivity contribution in [2.45, 2.75) is 31.8 Å². The molecular formula is C14H20O3. The van der Waals surface area contributed by atoms with Crippen LogP contribution in [-0.2, 0) is 6.42 Å². The Kier molecular flexibility index (Phi) is 3.89. The van der Waals surface area contributed by atoms with Gasteiger partial charge < -0.3 is 14.6 Å². The summed E-state index contributed by atoms with van der Waals surface area (Å²) in [4.78, 5) is 0. The molecule has 0 saturated heterocycles. The van der Waals surface area contributed by atoms with E-state index < -0.39 is 0 Å². The van der Waals surface area contributed by atoms with Crippen LogP contribution < -0.4 is 9.47 Å². The average Bonchev–Trinajstić information content (AvgIpc) is 2.75. The number of hydrogen-bond acceptors (Lipinski definition) is 3. The van der Waals surface area contributed by atoms with Crippen molar-refractivity contribution in [1.82, 2.24) is 0 Å². The van der Waals surface area contributed by atoms with Gasteiger partial charge in [-0.25, -0.2) is 0 Å². The Bertz CT molecular complexity index is 376. The van der Waals surface area contributed by atoms with Crippen LogP contribution in [0.4, 0.5) is 0 Å². The molecule has 94 valence electrons. The van der Waals surface area contributed by atoms with E-state index in [-0.39, 0.29) is 6.10 Å². The van der Waals surface area contributed by atoms with Gasteiger partial charge in [-0.05, 0) is 48.9 Å². The van der Waals surface area contributed by atoms with Crippen LogP contribution in [0.25, 0.3) is 0 Å². The highest BCUT2D eigenvalue weighted by molar-refractivity contribution is 5.40. The minimum Gasteiger partial charge on any atom is -0.497 e. The number of aliphatic hydroxyl groups excluding tert-OH is 1. The van der Waals surface area contributed by atoms with Gasteiger partial charge in [0.05, 0.1) is 20.3 Å². The summed E-state index contributed by atoms with van der Waals surface area (Å²) in [5, 5.41) is 9.87. The molecule has 0 amide bonds. The molecule has 1 aliphatic rings. The van der Waals surface area contributed by atoms with Gasteiger partial charge in [0.2, 0.25) is 0 Å². The van der Waals surface area contributed by atoms with Crippen molar-refractivity contribution >= 4 is 0 Å². The van der Waals surface area contributed by atoms with Gasteiger partial charge in [0, 0.05) is 0 Å². The van der Waals surface area contributed by atoms with E-state index in [4.69, 9.17) is 9.47 Å². The van der Waals surface area contributed by atoms with E-state index in [1.165, 1.54) is 0 Å². The molecule has 3 nitrogen and oxygen atoms in total. The standard InChI is InChI=1S/C14H20O3/c1-16-12-6-7-14(17-2)11(9-12)8-10-4-3-5-13(10)15/h6-7,9-10,13,15H,3-5,8H2,1-2H3. The molecule has 0 radical (unpaired) electrons. The summed E-state index contributed by atoms with van der Waals surface area (Å²) in [6.45, 7) is 0. The van der Waals surface area contributed by atoms with E-state index in [0.29, 0.717) is 5.92 Å². The number of benzene rings is 1. The summed E-state index contributed by atoms with van der Waals surface area (Å²) in [6, 6.07) is 5.83. The zero-order valence-electron chi connectivity index (χ0n) is 10.5. The lowest BCUT2D eigenvalue weighted by Gasteiger charge is -2.17. The van der Waals surface area contributed by atoms with Gasteiger partial charge in [-0.3, -0.25) is 0 Å². The third-order valence-corrected chi connectivity index (χ3v) is 3.59. The van der Waals surface area contributed by atoms with Crippen molar-refractivity contribution in [3.05, 3.63) is 23.8 Å². The fraction of sp³-hybridized carbons (Fsp3) is 0.571. The second kappa shape index (κ2) is 5.41. The fourth-order valence-electron chi connectivity index (χ4n) is 2.58. The summed E-state index contributed by atoms with van der Waals surface area (Å²) >= 11 is 0. The molecule has 1 N–H and O–H groups in total. The number of methoxy groups -OCH3 is 2. The van der Waals surface area contributed by atoms with Crippen LogP contribution in [0.3, 0.4) is 0 Å². The Morgan fingerprint density at radius 2 is 2.06 bits per heavy atom. The monoisotopic (exact) mass is 236 g/mol. The lowest BCUT2D eigenvalue weighted by atomic mass is 9.95. The number of hydrogen-bond donors (Lipinski definition) is 1. The van der Waals surface area contributed by atoms with Crippen LogP contribution in [0.15, 0.2) is 18.2 Å². The number of aliphatic hydroxyl groups is 1. The molecule has 0 heterocycles. The highest BCUT2D eigenvalue weighted by atomic mass is 16.5. The first-order valence-corrected chi connectivity index (χ1v) is 6.13. The molecule has 2 atom stereocenters. The third kappa shape index (κ3) is 2.72. The molecule has 0 bridgehead atoms. The zero-order valence-corrected chi connectivity index (χ0v) is 10.5. The Hall–Kier alpha value is -1.22. The Balaban J connectivity index is 2.17. The Morgan fingerprint density at radius 1 is 1.24 bits per heavy atom. The molecule has 2 unspecified atom stereocenters. The highest BCUT2D eigenvalue weighted by Gasteiger charge is 2.26. The van der Waals surface area contributed by atoms with Crippen molar-refractivity contribution in [1.29, 1.82) is 0 Å². The van der Waals surface area contributed by atoms with Gasteiger partial charge in [0.25, 0.3) is 0 Å². The van der Waals surface area contributed by atoms with Crippen molar-refractivity contribution in [3.63, 3.8) is 0 Å². The summed E-state index contributed by atoms with van der Waals surface area (Å²) < 4.78 is 10.6. The Labute approximate surface area is 102 Å². The van der Waals surface area contributed by atoms with Crippen LogP contribution in [0.5, 0.6) is 11.5 Å². The normalized spacial score (nSPS) is 23.7. The topological polar surface area (TPSA) is 38.7 Å². The molecule has 3 heteroatoms. The van der Waals surface area contributed by atoms with Crippen molar-refractivity contribution < 1.29 is 14.6 Å². The van der Waals surface area contributed by atoms with Crippen LogP contribution in [0, 0.1) is 5.92 Å². The third-order valence-electron chi connectivity index (χ3n) is 3.59. The first-order chi connectivity index (χ1) is 8.24. The molecule has 1 aromatic carbocycles. The molecule has 0 aromatic heterocycles. The summed E-state index contributed by atoms with van der Waals surface area (Å²) in [6.07, 6.45) is 3.85. The minimum absolute atomic E-state index is 0.161. The number of ether oxygens (including phenoxy) is 2. The maximum absolute atomic E-state index is 9.87. The van der Waals surface area contributed by atoms with Gasteiger partial charge >= 0.3 is 0 Å². The molecule has 17 heavy (non-hydrogen) atoms. The van der Waals surface area contributed by atoms with Crippen molar-refractivity contribution in [3.8, 4) is 11.5 Å². The van der Waals surface area contributed by atoms with E-state index in [1.54, 1.807) is 14.2 Å². The smallest absolute Gasteiger partial charge is 0.122 e. The summed E-state index contributed by atoms with van der Waals surface area (Å²) in [7, 11) is 3.34. The minimum atomic E-state index is -0.161. The highest BCUT2D eigenvalue weighted by Crippen LogP contribution is 2.33. The molecule has 1 aromatic rings. The van der Waals surface area contributed by atoms with Crippen molar-refractivity contribution in [2.75, 3.05) is 14.2 Å². The molecule has 2 rings (SSSR count). The Morgan fingerprint density at radius 3 is 2.65 bits per heavy atom. The van der Waals surface area contributed by atoms with Crippen molar-refractivity contribution in [2.24, 2.45) is 5.92 Å². The van der Waals surface area contributed by atoms with Gasteiger partial charge in [-0.2, -0.15) is 0 Å². The average molecular weight is 236 g/mol. The first kappa shape index (κ1) is 12.2. The van der Waals surface area contributed by atoms with Crippen LogP contribution in [0.1, 0.15) is 24.8 Å². The maximum atomic E-state index is 9.87. The van der Waals surface area contributed by atoms with Gasteiger partial charge in [-0.1, -0.05) is 6.42 Å². The first-order valence-electron chi connectivity index (χ1n) is 6.13. The van der Waals surface area contributed by atoms with Gasteiger partial charge in [-0.15, -0.1) is 0 Å². The predicted octanol–water partition coefficient (Wildman–Crippen LogP) is 2.41.